The van der Waals surface area contributed by atoms with Crippen molar-refractivity contribution in [1.29, 1.82) is 0 Å². The van der Waals surface area contributed by atoms with Crippen LogP contribution in [0.25, 0.3) is 0 Å². The number of aromatic nitrogens is 2. The van der Waals surface area contributed by atoms with Crippen molar-refractivity contribution in [2.24, 2.45) is 5.92 Å². The molecule has 0 atom stereocenters. The topological polar surface area (TPSA) is 47.0 Å². The molecule has 1 saturated heterocycles. The maximum Gasteiger partial charge on any atom is 0.142 e. The van der Waals surface area contributed by atoms with Crippen LogP contribution in [0.15, 0.2) is 12.5 Å². The summed E-state index contributed by atoms with van der Waals surface area (Å²) in [5, 5.41) is 3.37. The predicted octanol–water partition coefficient (Wildman–Crippen LogP) is 1.92. The third kappa shape index (κ3) is 3.27. The van der Waals surface area contributed by atoms with E-state index in [1.807, 2.05) is 6.20 Å². The minimum Gasteiger partial charge on any atom is -0.381 e. The maximum absolute atomic E-state index is 5.32. The van der Waals surface area contributed by atoms with Crippen molar-refractivity contribution in [1.82, 2.24) is 9.97 Å². The molecule has 2 heterocycles. The highest BCUT2D eigenvalue weighted by Crippen LogP contribution is 2.17. The average molecular weight is 319 g/mol. The van der Waals surface area contributed by atoms with E-state index < -0.39 is 0 Å². The van der Waals surface area contributed by atoms with Crippen molar-refractivity contribution >= 4 is 28.4 Å². The molecule has 1 aromatic heterocycles. The minimum atomic E-state index is 0.713. The lowest BCUT2D eigenvalue weighted by molar-refractivity contribution is 0.0699. The van der Waals surface area contributed by atoms with Gasteiger partial charge in [0.05, 0.1) is 3.57 Å². The molecular formula is C10H14IN3O. The van der Waals surface area contributed by atoms with Crippen LogP contribution >= 0.6 is 22.6 Å². The number of rotatable bonds is 3. The summed E-state index contributed by atoms with van der Waals surface area (Å²) in [6.45, 7) is 2.77. The van der Waals surface area contributed by atoms with E-state index in [2.05, 4.69) is 37.9 Å². The van der Waals surface area contributed by atoms with Crippen LogP contribution in [0.5, 0.6) is 0 Å². The lowest BCUT2D eigenvalue weighted by Crippen LogP contribution is -2.23. The van der Waals surface area contributed by atoms with Gasteiger partial charge in [0.15, 0.2) is 0 Å². The molecule has 1 aliphatic rings. The van der Waals surface area contributed by atoms with Gasteiger partial charge in [-0.05, 0) is 41.4 Å². The third-order valence-corrected chi connectivity index (χ3v) is 3.36. The van der Waals surface area contributed by atoms with Crippen LogP contribution in [-0.2, 0) is 4.74 Å². The maximum atomic E-state index is 5.32. The Labute approximate surface area is 103 Å². The minimum absolute atomic E-state index is 0.713. The molecule has 0 spiro atoms. The zero-order chi connectivity index (χ0) is 10.5. The molecule has 1 aliphatic heterocycles. The van der Waals surface area contributed by atoms with Gasteiger partial charge in [0, 0.05) is 26.0 Å². The van der Waals surface area contributed by atoms with E-state index in [0.717, 1.165) is 42.0 Å². The largest absolute Gasteiger partial charge is 0.381 e. The Morgan fingerprint density at radius 2 is 2.27 bits per heavy atom. The van der Waals surface area contributed by atoms with E-state index >= 15 is 0 Å². The Balaban J connectivity index is 1.84. The Morgan fingerprint density at radius 3 is 3.00 bits per heavy atom. The van der Waals surface area contributed by atoms with Crippen LogP contribution in [0.2, 0.25) is 0 Å². The Hall–Kier alpha value is -0.430. The second-order valence-corrected chi connectivity index (χ2v) is 4.82. The highest BCUT2D eigenvalue weighted by atomic mass is 127. The fraction of sp³-hybridized carbons (Fsp3) is 0.600. The van der Waals surface area contributed by atoms with Crippen molar-refractivity contribution in [3.63, 3.8) is 0 Å². The van der Waals surface area contributed by atoms with E-state index in [1.165, 1.54) is 0 Å². The molecule has 1 fully saturated rings. The highest BCUT2D eigenvalue weighted by Gasteiger charge is 2.13. The molecule has 0 bridgehead atoms. The summed E-state index contributed by atoms with van der Waals surface area (Å²) in [5.41, 5.74) is 0. The van der Waals surface area contributed by atoms with E-state index in [9.17, 15) is 0 Å². The first-order chi connectivity index (χ1) is 7.36. The van der Waals surface area contributed by atoms with Crippen LogP contribution in [0.4, 0.5) is 5.82 Å². The summed E-state index contributed by atoms with van der Waals surface area (Å²) in [6.07, 6.45) is 5.69. The van der Waals surface area contributed by atoms with Gasteiger partial charge in [-0.1, -0.05) is 0 Å². The number of hydrogen-bond acceptors (Lipinski definition) is 4. The second-order valence-electron chi connectivity index (χ2n) is 3.66. The quantitative estimate of drug-likeness (QED) is 0.865. The van der Waals surface area contributed by atoms with Gasteiger partial charge >= 0.3 is 0 Å². The first-order valence-corrected chi connectivity index (χ1v) is 6.21. The van der Waals surface area contributed by atoms with E-state index in [1.54, 1.807) is 6.33 Å². The molecule has 4 nitrogen and oxygen atoms in total. The van der Waals surface area contributed by atoms with Crippen LogP contribution < -0.4 is 5.32 Å². The summed E-state index contributed by atoms with van der Waals surface area (Å²) in [4.78, 5) is 8.16. The lowest BCUT2D eigenvalue weighted by Gasteiger charge is -2.22. The smallest absolute Gasteiger partial charge is 0.142 e. The molecule has 0 amide bonds. The van der Waals surface area contributed by atoms with Gasteiger partial charge in [-0.15, -0.1) is 0 Å². The van der Waals surface area contributed by atoms with Crippen LogP contribution in [0.1, 0.15) is 12.8 Å². The van der Waals surface area contributed by atoms with E-state index in [-0.39, 0.29) is 0 Å². The zero-order valence-corrected chi connectivity index (χ0v) is 10.6. The number of nitrogens with zero attached hydrogens (tertiary/aromatic N) is 2. The first kappa shape index (κ1) is 11.1. The van der Waals surface area contributed by atoms with E-state index in [0.29, 0.717) is 5.92 Å². The number of anilines is 1. The number of nitrogens with one attached hydrogen (secondary N) is 1. The summed E-state index contributed by atoms with van der Waals surface area (Å²) in [7, 11) is 0. The number of hydrogen-bond donors (Lipinski definition) is 1. The van der Waals surface area contributed by atoms with Crippen LogP contribution in [-0.4, -0.2) is 29.7 Å². The van der Waals surface area contributed by atoms with Crippen molar-refractivity contribution < 1.29 is 4.74 Å². The van der Waals surface area contributed by atoms with Gasteiger partial charge < -0.3 is 10.1 Å². The van der Waals surface area contributed by atoms with Crippen molar-refractivity contribution in [2.75, 3.05) is 25.1 Å². The molecule has 15 heavy (non-hydrogen) atoms. The normalized spacial score (nSPS) is 17.7. The lowest BCUT2D eigenvalue weighted by atomic mass is 10.0. The third-order valence-electron chi connectivity index (χ3n) is 2.57. The molecule has 1 N–H and O–H groups in total. The fourth-order valence-corrected chi connectivity index (χ4v) is 2.13. The standard InChI is InChI=1S/C10H14IN3O/c11-9-6-12-7-14-10(9)13-5-8-1-3-15-4-2-8/h6-8H,1-5H2,(H,12,13,14). The van der Waals surface area contributed by atoms with Crippen molar-refractivity contribution in [3.8, 4) is 0 Å². The molecule has 0 unspecified atom stereocenters. The van der Waals surface area contributed by atoms with Crippen LogP contribution in [0.3, 0.4) is 0 Å². The zero-order valence-electron chi connectivity index (χ0n) is 8.45. The first-order valence-electron chi connectivity index (χ1n) is 5.13. The SMILES string of the molecule is Ic1cncnc1NCC1CCOCC1. The summed E-state index contributed by atoms with van der Waals surface area (Å²) in [5.74, 6) is 1.65. The summed E-state index contributed by atoms with van der Waals surface area (Å²) < 4.78 is 6.39. The Bertz CT molecular complexity index is 315. The van der Waals surface area contributed by atoms with Gasteiger partial charge in [0.25, 0.3) is 0 Å². The fourth-order valence-electron chi connectivity index (χ4n) is 1.63. The van der Waals surface area contributed by atoms with Gasteiger partial charge in [0.2, 0.25) is 0 Å². The molecule has 0 radical (unpaired) electrons. The predicted molar refractivity (Wildman–Crippen MR) is 66.8 cm³/mol. The Kier molecular flexibility index (Phi) is 4.13. The van der Waals surface area contributed by atoms with Crippen molar-refractivity contribution in [2.45, 2.75) is 12.8 Å². The van der Waals surface area contributed by atoms with Gasteiger partial charge in [-0.25, -0.2) is 9.97 Å². The molecule has 0 aromatic carbocycles. The molecule has 82 valence electrons. The van der Waals surface area contributed by atoms with E-state index in [4.69, 9.17) is 4.74 Å². The van der Waals surface area contributed by atoms with Gasteiger partial charge in [-0.2, -0.15) is 0 Å². The molecular weight excluding hydrogens is 305 g/mol. The molecule has 2 rings (SSSR count). The average Bonchev–Trinajstić information content (AvgIpc) is 2.29. The van der Waals surface area contributed by atoms with Crippen LogP contribution in [0, 0.1) is 9.49 Å². The monoisotopic (exact) mass is 319 g/mol. The number of ether oxygens (including phenoxy) is 1. The second kappa shape index (κ2) is 5.60. The molecule has 0 saturated carbocycles. The summed E-state index contributed by atoms with van der Waals surface area (Å²) >= 11 is 2.24. The summed E-state index contributed by atoms with van der Waals surface area (Å²) in [6, 6.07) is 0. The van der Waals surface area contributed by atoms with Gasteiger partial charge in [0.1, 0.15) is 12.1 Å². The number of halogens is 1. The highest BCUT2D eigenvalue weighted by molar-refractivity contribution is 14.1. The Morgan fingerprint density at radius 1 is 1.47 bits per heavy atom. The molecule has 1 aromatic rings. The van der Waals surface area contributed by atoms with Gasteiger partial charge in [-0.3, -0.25) is 0 Å². The van der Waals surface area contributed by atoms with Crippen molar-refractivity contribution in [3.05, 3.63) is 16.1 Å². The molecule has 0 aliphatic carbocycles. The molecule has 5 heteroatoms.